The van der Waals surface area contributed by atoms with Gasteiger partial charge in [-0.15, -0.1) is 0 Å². The molecule has 4 rings (SSSR count). The number of hydrogen-bond donors (Lipinski definition) is 3. The average molecular weight is 445 g/mol. The number of aliphatic hydroxyl groups is 2. The van der Waals surface area contributed by atoms with Crippen LogP contribution in [0.5, 0.6) is 0 Å². The molecule has 0 spiro atoms. The van der Waals surface area contributed by atoms with Crippen molar-refractivity contribution in [2.45, 2.75) is 12.3 Å². The summed E-state index contributed by atoms with van der Waals surface area (Å²) in [7, 11) is 0. The molecule has 0 aliphatic heterocycles. The highest BCUT2D eigenvalue weighted by atomic mass is 19.4. The zero-order valence-electron chi connectivity index (χ0n) is 16.2. The number of rotatable bonds is 5. The van der Waals surface area contributed by atoms with Gasteiger partial charge in [-0.25, -0.2) is 14.4 Å². The maximum Gasteiger partial charge on any atom is 0.417 e. The lowest BCUT2D eigenvalue weighted by Crippen LogP contribution is -2.06. The summed E-state index contributed by atoms with van der Waals surface area (Å²) in [4.78, 5) is 16.2. The second-order valence-corrected chi connectivity index (χ2v) is 6.80. The standard InChI is InChI=1S/C21H15F4N5O2/c22-15-5-12(17(32)10-31)7-29-19(15)16-6-11-3-4-26-20(14(11)9-27-16)30-18-2-1-13(8-28-18)21(23,24)25/h1-9,17,31-32H,10H2,(H,26,28,30)/t17-/m1/s1. The van der Waals surface area contributed by atoms with E-state index in [-0.39, 0.29) is 22.8 Å². The van der Waals surface area contributed by atoms with Crippen LogP contribution in [0.15, 0.2) is 55.1 Å². The Morgan fingerprint density at radius 3 is 2.44 bits per heavy atom. The van der Waals surface area contributed by atoms with E-state index in [4.69, 9.17) is 5.11 Å². The van der Waals surface area contributed by atoms with Gasteiger partial charge in [-0.05, 0) is 35.7 Å². The Kier molecular flexibility index (Phi) is 5.68. The van der Waals surface area contributed by atoms with E-state index in [1.54, 1.807) is 12.1 Å². The summed E-state index contributed by atoms with van der Waals surface area (Å²) >= 11 is 0. The molecule has 0 saturated carbocycles. The largest absolute Gasteiger partial charge is 0.417 e. The molecule has 0 aliphatic carbocycles. The number of pyridine rings is 4. The molecule has 4 heterocycles. The van der Waals surface area contributed by atoms with Crippen LogP contribution in [0, 0.1) is 5.82 Å². The Hall–Kier alpha value is -3.70. The van der Waals surface area contributed by atoms with Gasteiger partial charge >= 0.3 is 6.18 Å². The van der Waals surface area contributed by atoms with Gasteiger partial charge in [-0.2, -0.15) is 13.2 Å². The first kappa shape index (κ1) is 21.5. The summed E-state index contributed by atoms with van der Waals surface area (Å²) in [5.41, 5.74) is -0.553. The Morgan fingerprint density at radius 2 is 1.78 bits per heavy atom. The predicted molar refractivity (Wildman–Crippen MR) is 107 cm³/mol. The number of alkyl halides is 3. The van der Waals surface area contributed by atoms with Crippen LogP contribution in [0.25, 0.3) is 22.2 Å². The van der Waals surface area contributed by atoms with Crippen molar-refractivity contribution in [3.8, 4) is 11.4 Å². The van der Waals surface area contributed by atoms with E-state index in [2.05, 4.69) is 25.3 Å². The second kappa shape index (κ2) is 8.44. The van der Waals surface area contributed by atoms with Crippen molar-refractivity contribution in [3.05, 3.63) is 72.1 Å². The van der Waals surface area contributed by atoms with Crippen molar-refractivity contribution >= 4 is 22.4 Å². The molecular weight excluding hydrogens is 430 g/mol. The van der Waals surface area contributed by atoms with Crippen LogP contribution >= 0.6 is 0 Å². The van der Waals surface area contributed by atoms with Crippen molar-refractivity contribution in [2.24, 2.45) is 0 Å². The molecule has 4 aromatic rings. The van der Waals surface area contributed by atoms with Crippen molar-refractivity contribution in [1.82, 2.24) is 19.9 Å². The highest BCUT2D eigenvalue weighted by molar-refractivity contribution is 5.94. The summed E-state index contributed by atoms with van der Waals surface area (Å²) in [6.45, 7) is -0.564. The Bertz CT molecular complexity index is 1270. The lowest BCUT2D eigenvalue weighted by molar-refractivity contribution is -0.137. The van der Waals surface area contributed by atoms with Gasteiger partial charge in [-0.3, -0.25) is 9.97 Å². The number of nitrogens with one attached hydrogen (secondary N) is 1. The third-order valence-corrected chi connectivity index (χ3v) is 4.65. The third kappa shape index (κ3) is 4.34. The zero-order chi connectivity index (χ0) is 22.9. The number of halogens is 4. The highest BCUT2D eigenvalue weighted by Crippen LogP contribution is 2.31. The molecule has 0 unspecified atom stereocenters. The molecule has 0 fully saturated rings. The molecule has 7 nitrogen and oxygen atoms in total. The van der Waals surface area contributed by atoms with E-state index in [1.807, 2.05) is 0 Å². The van der Waals surface area contributed by atoms with E-state index in [9.17, 15) is 22.7 Å². The van der Waals surface area contributed by atoms with Crippen LogP contribution in [0.1, 0.15) is 17.2 Å². The molecule has 1 atom stereocenters. The Labute approximate surface area is 178 Å². The van der Waals surface area contributed by atoms with Gasteiger partial charge in [0, 0.05) is 35.7 Å². The topological polar surface area (TPSA) is 104 Å². The minimum atomic E-state index is -4.48. The third-order valence-electron chi connectivity index (χ3n) is 4.65. The molecule has 3 N–H and O–H groups in total. The zero-order valence-corrected chi connectivity index (χ0v) is 16.2. The molecule has 4 aromatic heterocycles. The quantitative estimate of drug-likeness (QED) is 0.399. The minimum Gasteiger partial charge on any atom is -0.393 e. The normalized spacial score (nSPS) is 12.7. The SMILES string of the molecule is OC[C@@H](O)c1cnc(-c2cc3ccnc(Nc4ccc(C(F)(F)F)cn4)c3cn2)c(F)c1. The summed E-state index contributed by atoms with van der Waals surface area (Å²) in [5.74, 6) is -0.250. The maximum atomic E-state index is 14.5. The molecular formula is C21H15F4N5O2. The van der Waals surface area contributed by atoms with Gasteiger partial charge in [0.15, 0.2) is 5.82 Å². The van der Waals surface area contributed by atoms with E-state index in [0.717, 1.165) is 18.3 Å². The van der Waals surface area contributed by atoms with E-state index < -0.39 is 30.3 Å². The van der Waals surface area contributed by atoms with Crippen LogP contribution in [0.3, 0.4) is 0 Å². The molecule has 11 heteroatoms. The molecule has 32 heavy (non-hydrogen) atoms. The van der Waals surface area contributed by atoms with Gasteiger partial charge in [0.25, 0.3) is 0 Å². The Balaban J connectivity index is 1.64. The molecule has 0 saturated heterocycles. The van der Waals surface area contributed by atoms with Crippen LogP contribution in [-0.2, 0) is 6.18 Å². The Morgan fingerprint density at radius 1 is 0.969 bits per heavy atom. The predicted octanol–water partition coefficient (Wildman–Crippen LogP) is 4.01. The molecule has 0 radical (unpaired) electrons. The first-order valence-corrected chi connectivity index (χ1v) is 9.26. The van der Waals surface area contributed by atoms with Gasteiger partial charge in [-0.1, -0.05) is 0 Å². The lowest BCUT2D eigenvalue weighted by atomic mass is 10.1. The van der Waals surface area contributed by atoms with Crippen molar-refractivity contribution in [2.75, 3.05) is 11.9 Å². The first-order valence-electron chi connectivity index (χ1n) is 9.26. The monoisotopic (exact) mass is 445 g/mol. The van der Waals surface area contributed by atoms with Crippen molar-refractivity contribution in [1.29, 1.82) is 0 Å². The summed E-state index contributed by atoms with van der Waals surface area (Å²) < 4.78 is 52.6. The van der Waals surface area contributed by atoms with Crippen LogP contribution in [-0.4, -0.2) is 36.8 Å². The van der Waals surface area contributed by atoms with Gasteiger partial charge in [0.05, 0.1) is 17.9 Å². The summed E-state index contributed by atoms with van der Waals surface area (Å²) in [5, 5.41) is 22.6. The number of aromatic nitrogens is 4. The second-order valence-electron chi connectivity index (χ2n) is 6.80. The number of fused-ring (bicyclic) bond motifs is 1. The molecule has 0 bridgehead atoms. The highest BCUT2D eigenvalue weighted by Gasteiger charge is 2.30. The lowest BCUT2D eigenvalue weighted by Gasteiger charge is -2.11. The summed E-state index contributed by atoms with van der Waals surface area (Å²) in [6, 6.07) is 6.41. The number of nitrogens with zero attached hydrogens (tertiary/aromatic N) is 4. The number of aliphatic hydroxyl groups excluding tert-OH is 2. The van der Waals surface area contributed by atoms with E-state index in [0.29, 0.717) is 16.6 Å². The molecule has 0 aromatic carbocycles. The first-order chi connectivity index (χ1) is 15.3. The van der Waals surface area contributed by atoms with E-state index >= 15 is 0 Å². The van der Waals surface area contributed by atoms with Gasteiger partial charge in [0.2, 0.25) is 0 Å². The average Bonchev–Trinajstić information content (AvgIpc) is 2.78. The van der Waals surface area contributed by atoms with Crippen LogP contribution < -0.4 is 5.32 Å². The van der Waals surface area contributed by atoms with Gasteiger partial charge in [0.1, 0.15) is 23.4 Å². The number of anilines is 2. The maximum absolute atomic E-state index is 14.5. The van der Waals surface area contributed by atoms with Gasteiger partial charge < -0.3 is 15.5 Å². The minimum absolute atomic E-state index is 0.0449. The smallest absolute Gasteiger partial charge is 0.393 e. The van der Waals surface area contributed by atoms with Crippen molar-refractivity contribution in [3.63, 3.8) is 0 Å². The fourth-order valence-electron chi connectivity index (χ4n) is 2.98. The van der Waals surface area contributed by atoms with Crippen molar-refractivity contribution < 1.29 is 27.8 Å². The molecule has 164 valence electrons. The fraction of sp³-hybridized carbons (Fsp3) is 0.143. The molecule has 0 aliphatic rings. The van der Waals surface area contributed by atoms with E-state index in [1.165, 1.54) is 24.7 Å². The fourth-order valence-corrected chi connectivity index (χ4v) is 2.98. The summed E-state index contributed by atoms with van der Waals surface area (Å²) in [6.07, 6.45) is -0.850. The van der Waals surface area contributed by atoms with Crippen LogP contribution in [0.2, 0.25) is 0 Å². The van der Waals surface area contributed by atoms with Crippen LogP contribution in [0.4, 0.5) is 29.2 Å². The number of hydrogen-bond acceptors (Lipinski definition) is 7. The molecule has 0 amide bonds.